The Kier molecular flexibility index (Phi) is 2.77. The number of rotatable bonds is 1. The molecule has 0 spiro atoms. The molecule has 1 atom stereocenters. The number of hydrogen-bond donors (Lipinski definition) is 1. The van der Waals surface area contributed by atoms with E-state index in [-0.39, 0.29) is 6.04 Å². The molecule has 1 N–H and O–H groups in total. The molecule has 3 heteroatoms. The van der Waals surface area contributed by atoms with Crippen molar-refractivity contribution in [3.63, 3.8) is 0 Å². The Hall–Kier alpha value is -3.07. The van der Waals surface area contributed by atoms with E-state index in [0.717, 1.165) is 11.4 Å². The summed E-state index contributed by atoms with van der Waals surface area (Å²) in [4.78, 5) is 4.61. The maximum atomic E-state index is 4.61. The highest BCUT2D eigenvalue weighted by molar-refractivity contribution is 5.90. The van der Waals surface area contributed by atoms with E-state index in [4.69, 9.17) is 0 Å². The van der Waals surface area contributed by atoms with E-state index in [0.29, 0.717) is 0 Å². The lowest BCUT2D eigenvalue weighted by molar-refractivity contribution is 0.787. The van der Waals surface area contributed by atoms with Crippen molar-refractivity contribution in [3.8, 4) is 5.69 Å². The highest BCUT2D eigenvalue weighted by Gasteiger charge is 2.30. The smallest absolute Gasteiger partial charge is 0.110 e. The zero-order chi connectivity index (χ0) is 16.1. The zero-order valence-corrected chi connectivity index (χ0v) is 13.4. The Bertz CT molecular complexity index is 1050. The van der Waals surface area contributed by atoms with E-state index in [1.807, 2.05) is 18.3 Å². The van der Waals surface area contributed by atoms with Crippen molar-refractivity contribution in [2.45, 2.75) is 13.0 Å². The van der Waals surface area contributed by atoms with Crippen molar-refractivity contribution >= 4 is 16.6 Å². The second kappa shape index (κ2) is 4.96. The van der Waals surface area contributed by atoms with Crippen LogP contribution in [0.25, 0.3) is 16.6 Å². The minimum absolute atomic E-state index is 0.0495. The number of nitrogens with zero attached hydrogens (tertiary/aromatic N) is 2. The van der Waals surface area contributed by atoms with Crippen molar-refractivity contribution in [1.29, 1.82) is 0 Å². The second-order valence-corrected chi connectivity index (χ2v) is 6.21. The number of benzene rings is 2. The molecule has 1 unspecified atom stereocenters. The number of para-hydroxylation sites is 3. The van der Waals surface area contributed by atoms with Crippen LogP contribution in [0.4, 0.5) is 5.69 Å². The van der Waals surface area contributed by atoms with Gasteiger partial charge in [0.2, 0.25) is 0 Å². The van der Waals surface area contributed by atoms with Crippen LogP contribution in [0.5, 0.6) is 0 Å². The zero-order valence-electron chi connectivity index (χ0n) is 13.4. The first kappa shape index (κ1) is 13.4. The van der Waals surface area contributed by atoms with Crippen LogP contribution in [0.1, 0.15) is 23.0 Å². The van der Waals surface area contributed by atoms with Gasteiger partial charge in [0.05, 0.1) is 28.3 Å². The summed E-state index contributed by atoms with van der Waals surface area (Å²) in [5.41, 5.74) is 7.21. The molecule has 2 aromatic heterocycles. The monoisotopic (exact) mass is 311 g/mol. The Labute approximate surface area is 140 Å². The number of nitrogens with one attached hydrogen (secondary N) is 1. The van der Waals surface area contributed by atoms with Crippen LogP contribution in [-0.2, 0) is 0 Å². The summed E-state index contributed by atoms with van der Waals surface area (Å²) in [7, 11) is 0. The van der Waals surface area contributed by atoms with Crippen molar-refractivity contribution in [1.82, 2.24) is 9.55 Å². The molecule has 1 aliphatic heterocycles. The van der Waals surface area contributed by atoms with E-state index in [9.17, 15) is 0 Å². The van der Waals surface area contributed by atoms with Gasteiger partial charge in [-0.3, -0.25) is 4.98 Å². The molecule has 116 valence electrons. The predicted molar refractivity (Wildman–Crippen MR) is 97.7 cm³/mol. The third kappa shape index (κ3) is 1.75. The lowest BCUT2D eigenvalue weighted by atomic mass is 10.0. The van der Waals surface area contributed by atoms with Crippen LogP contribution in [0.2, 0.25) is 0 Å². The minimum Gasteiger partial charge on any atom is -0.370 e. The van der Waals surface area contributed by atoms with Gasteiger partial charge >= 0.3 is 0 Å². The predicted octanol–water partition coefficient (Wildman–Crippen LogP) is 4.85. The van der Waals surface area contributed by atoms with Crippen molar-refractivity contribution in [2.75, 3.05) is 5.32 Å². The van der Waals surface area contributed by atoms with Crippen molar-refractivity contribution < 1.29 is 0 Å². The van der Waals surface area contributed by atoms with Crippen LogP contribution in [0, 0.1) is 6.92 Å². The Morgan fingerprint density at radius 3 is 2.58 bits per heavy atom. The summed E-state index contributed by atoms with van der Waals surface area (Å²) in [6.07, 6.45) is 1.86. The van der Waals surface area contributed by atoms with Gasteiger partial charge in [-0.2, -0.15) is 0 Å². The first-order valence-electron chi connectivity index (χ1n) is 8.21. The van der Waals surface area contributed by atoms with Gasteiger partial charge in [0, 0.05) is 11.6 Å². The standard InChI is InChI=1S/C21H17N3/c1-14-15-8-2-4-11-18(15)24-19-12-5-3-9-16(19)23-20(21(14)24)17-10-6-7-13-22-17/h2-13,20,23H,1H3. The van der Waals surface area contributed by atoms with Crippen LogP contribution in [-0.4, -0.2) is 9.55 Å². The molecule has 0 fully saturated rings. The summed E-state index contributed by atoms with van der Waals surface area (Å²) in [6.45, 7) is 2.21. The van der Waals surface area contributed by atoms with Gasteiger partial charge in [0.1, 0.15) is 6.04 Å². The second-order valence-electron chi connectivity index (χ2n) is 6.21. The summed E-state index contributed by atoms with van der Waals surface area (Å²) < 4.78 is 2.38. The maximum absolute atomic E-state index is 4.61. The highest BCUT2D eigenvalue weighted by atomic mass is 15.1. The topological polar surface area (TPSA) is 29.9 Å². The van der Waals surface area contributed by atoms with Gasteiger partial charge in [0.25, 0.3) is 0 Å². The third-order valence-corrected chi connectivity index (χ3v) is 4.88. The molecular weight excluding hydrogens is 294 g/mol. The molecule has 0 bridgehead atoms. The molecule has 0 radical (unpaired) electrons. The van der Waals surface area contributed by atoms with Gasteiger partial charge in [-0.1, -0.05) is 36.4 Å². The van der Waals surface area contributed by atoms with Gasteiger partial charge in [-0.15, -0.1) is 0 Å². The Balaban J connectivity index is 1.89. The minimum atomic E-state index is 0.0495. The lowest BCUT2D eigenvalue weighted by Crippen LogP contribution is -2.23. The molecular formula is C21H17N3. The number of anilines is 1. The van der Waals surface area contributed by atoms with Crippen LogP contribution in [0.3, 0.4) is 0 Å². The van der Waals surface area contributed by atoms with E-state index < -0.39 is 0 Å². The molecule has 24 heavy (non-hydrogen) atoms. The molecule has 0 saturated carbocycles. The highest BCUT2D eigenvalue weighted by Crippen LogP contribution is 2.42. The number of aromatic nitrogens is 2. The SMILES string of the molecule is Cc1c2n(c3ccccc13)-c1ccccc1NC2c1ccccn1. The average Bonchev–Trinajstić information content (AvgIpc) is 2.96. The molecule has 0 amide bonds. The van der Waals surface area contributed by atoms with E-state index >= 15 is 0 Å². The van der Waals surface area contributed by atoms with Crippen molar-refractivity contribution in [2.24, 2.45) is 0 Å². The lowest BCUT2D eigenvalue weighted by Gasteiger charge is -2.30. The molecule has 0 saturated heterocycles. The summed E-state index contributed by atoms with van der Waals surface area (Å²) in [5.74, 6) is 0. The van der Waals surface area contributed by atoms with Crippen LogP contribution < -0.4 is 5.32 Å². The molecule has 1 aliphatic rings. The Morgan fingerprint density at radius 1 is 0.917 bits per heavy atom. The molecule has 3 heterocycles. The van der Waals surface area contributed by atoms with Crippen LogP contribution in [0.15, 0.2) is 72.9 Å². The van der Waals surface area contributed by atoms with E-state index in [2.05, 4.69) is 76.4 Å². The quantitative estimate of drug-likeness (QED) is 0.544. The third-order valence-electron chi connectivity index (χ3n) is 4.88. The van der Waals surface area contributed by atoms with Gasteiger partial charge in [0.15, 0.2) is 0 Å². The summed E-state index contributed by atoms with van der Waals surface area (Å²) >= 11 is 0. The maximum Gasteiger partial charge on any atom is 0.110 e. The van der Waals surface area contributed by atoms with E-state index in [1.54, 1.807) is 0 Å². The van der Waals surface area contributed by atoms with E-state index in [1.165, 1.54) is 27.8 Å². The van der Waals surface area contributed by atoms with Gasteiger partial charge < -0.3 is 9.88 Å². The molecule has 4 aromatic rings. The van der Waals surface area contributed by atoms with Gasteiger partial charge in [-0.25, -0.2) is 0 Å². The molecule has 0 aliphatic carbocycles. The molecule has 3 nitrogen and oxygen atoms in total. The molecule has 5 rings (SSSR count). The number of aryl methyl sites for hydroxylation is 1. The fourth-order valence-electron chi connectivity index (χ4n) is 3.80. The largest absolute Gasteiger partial charge is 0.370 e. The average molecular weight is 311 g/mol. The fraction of sp³-hybridized carbons (Fsp3) is 0.0952. The molecule has 2 aromatic carbocycles. The number of fused-ring (bicyclic) bond motifs is 5. The van der Waals surface area contributed by atoms with Crippen LogP contribution >= 0.6 is 0 Å². The number of hydrogen-bond acceptors (Lipinski definition) is 2. The fourth-order valence-corrected chi connectivity index (χ4v) is 3.80. The van der Waals surface area contributed by atoms with Gasteiger partial charge in [-0.05, 0) is 42.8 Å². The first-order valence-corrected chi connectivity index (χ1v) is 8.21. The summed E-state index contributed by atoms with van der Waals surface area (Å²) in [6, 6.07) is 23.2. The van der Waals surface area contributed by atoms with Crippen molar-refractivity contribution in [3.05, 3.63) is 89.9 Å². The Morgan fingerprint density at radius 2 is 1.71 bits per heavy atom. The first-order chi connectivity index (χ1) is 11.8. The number of pyridine rings is 1. The normalized spacial score (nSPS) is 15.6. The summed E-state index contributed by atoms with van der Waals surface area (Å²) in [5, 5.41) is 4.99.